The Bertz CT molecular complexity index is 969. The fraction of sp³-hybridized carbons (Fsp3) is 0.136. The van der Waals surface area contributed by atoms with Gasteiger partial charge in [-0.25, -0.2) is 0 Å². The van der Waals surface area contributed by atoms with Crippen molar-refractivity contribution in [2.75, 3.05) is 5.01 Å². The molecule has 130 valence electrons. The summed E-state index contributed by atoms with van der Waals surface area (Å²) >= 11 is 6.49. The summed E-state index contributed by atoms with van der Waals surface area (Å²) in [6, 6.07) is 23.7. The number of aromatic hydroxyl groups is 1. The van der Waals surface area contributed by atoms with E-state index >= 15 is 0 Å². The molecule has 1 aliphatic heterocycles. The molecule has 0 fully saturated rings. The van der Waals surface area contributed by atoms with Crippen molar-refractivity contribution in [1.82, 2.24) is 0 Å². The molecule has 0 bridgehead atoms. The van der Waals surface area contributed by atoms with Gasteiger partial charge in [-0.3, -0.25) is 5.01 Å². The molecule has 26 heavy (non-hydrogen) atoms. The summed E-state index contributed by atoms with van der Waals surface area (Å²) < 4.78 is 0. The van der Waals surface area contributed by atoms with E-state index in [1.54, 1.807) is 6.07 Å². The fourth-order valence-corrected chi connectivity index (χ4v) is 3.59. The van der Waals surface area contributed by atoms with Crippen LogP contribution in [0.5, 0.6) is 5.75 Å². The number of nitrogens with zero attached hydrogens (tertiary/aromatic N) is 2. The van der Waals surface area contributed by atoms with Gasteiger partial charge in [-0.05, 0) is 60.0 Å². The van der Waals surface area contributed by atoms with Gasteiger partial charge in [0.1, 0.15) is 5.75 Å². The predicted octanol–water partition coefficient (Wildman–Crippen LogP) is 5.71. The van der Waals surface area contributed by atoms with Crippen molar-refractivity contribution in [1.29, 1.82) is 0 Å². The summed E-state index contributed by atoms with van der Waals surface area (Å²) in [4.78, 5) is 0. The zero-order valence-electron chi connectivity index (χ0n) is 14.4. The monoisotopic (exact) mass is 362 g/mol. The Morgan fingerprint density at radius 3 is 2.46 bits per heavy atom. The highest BCUT2D eigenvalue weighted by Gasteiger charge is 2.31. The fourth-order valence-electron chi connectivity index (χ4n) is 3.33. The second-order valence-corrected chi connectivity index (χ2v) is 6.88. The molecular formula is C22H19ClN2O. The van der Waals surface area contributed by atoms with Crippen molar-refractivity contribution in [3.8, 4) is 5.75 Å². The number of phenols is 1. The topological polar surface area (TPSA) is 35.8 Å². The van der Waals surface area contributed by atoms with E-state index in [2.05, 4.69) is 18.2 Å². The van der Waals surface area contributed by atoms with E-state index < -0.39 is 0 Å². The molecule has 3 aromatic carbocycles. The van der Waals surface area contributed by atoms with Crippen LogP contribution in [0.3, 0.4) is 0 Å². The lowest BCUT2D eigenvalue weighted by Crippen LogP contribution is -2.18. The molecule has 1 unspecified atom stereocenters. The lowest BCUT2D eigenvalue weighted by atomic mass is 9.97. The van der Waals surface area contributed by atoms with Gasteiger partial charge in [0, 0.05) is 11.4 Å². The summed E-state index contributed by atoms with van der Waals surface area (Å²) in [7, 11) is 0. The third-order valence-corrected chi connectivity index (χ3v) is 5.07. The van der Waals surface area contributed by atoms with E-state index in [-0.39, 0.29) is 6.04 Å². The lowest BCUT2D eigenvalue weighted by Gasteiger charge is -2.24. The van der Waals surface area contributed by atoms with Crippen LogP contribution in [0.2, 0.25) is 5.02 Å². The minimum Gasteiger partial charge on any atom is -0.508 e. The highest BCUT2D eigenvalue weighted by molar-refractivity contribution is 6.31. The second kappa shape index (κ2) is 6.85. The predicted molar refractivity (Wildman–Crippen MR) is 107 cm³/mol. The molecule has 4 rings (SSSR count). The number of benzene rings is 3. The molecule has 1 N–H and O–H groups in total. The Morgan fingerprint density at radius 2 is 1.73 bits per heavy atom. The molecule has 1 atom stereocenters. The first-order valence-electron chi connectivity index (χ1n) is 8.59. The third-order valence-electron chi connectivity index (χ3n) is 4.73. The van der Waals surface area contributed by atoms with E-state index in [0.29, 0.717) is 5.75 Å². The summed E-state index contributed by atoms with van der Waals surface area (Å²) in [5, 5.41) is 17.5. The molecule has 0 amide bonds. The van der Waals surface area contributed by atoms with E-state index in [1.165, 1.54) is 0 Å². The van der Waals surface area contributed by atoms with E-state index in [4.69, 9.17) is 16.7 Å². The van der Waals surface area contributed by atoms with Crippen LogP contribution in [0.15, 0.2) is 77.9 Å². The van der Waals surface area contributed by atoms with Gasteiger partial charge in [0.2, 0.25) is 0 Å². The van der Waals surface area contributed by atoms with Crippen LogP contribution in [0.4, 0.5) is 5.69 Å². The van der Waals surface area contributed by atoms with E-state index in [0.717, 1.165) is 39.5 Å². The third kappa shape index (κ3) is 3.06. The highest BCUT2D eigenvalue weighted by atomic mass is 35.5. The second-order valence-electron chi connectivity index (χ2n) is 6.47. The van der Waals surface area contributed by atoms with Crippen LogP contribution in [0, 0.1) is 6.92 Å². The molecule has 1 heterocycles. The highest BCUT2D eigenvalue weighted by Crippen LogP contribution is 2.39. The molecule has 4 heteroatoms. The van der Waals surface area contributed by atoms with Crippen LogP contribution >= 0.6 is 11.6 Å². The van der Waals surface area contributed by atoms with Crippen LogP contribution in [-0.4, -0.2) is 10.8 Å². The smallest absolute Gasteiger partial charge is 0.118 e. The summed E-state index contributed by atoms with van der Waals surface area (Å²) in [6.07, 6.45) is 0.753. The average molecular weight is 363 g/mol. The molecule has 0 aliphatic carbocycles. The van der Waals surface area contributed by atoms with Crippen molar-refractivity contribution >= 4 is 23.0 Å². The number of hydrogen-bond donors (Lipinski definition) is 1. The number of rotatable bonds is 3. The first-order chi connectivity index (χ1) is 12.6. The molecule has 0 spiro atoms. The SMILES string of the molecule is Cc1cc(C2=NN(c3ccccc3)C(c3ccccc3Cl)C2)ccc1O. The molecule has 1 aliphatic rings. The number of halogens is 1. The Morgan fingerprint density at radius 1 is 1.00 bits per heavy atom. The van der Waals surface area contributed by atoms with Gasteiger partial charge in [0.25, 0.3) is 0 Å². The van der Waals surface area contributed by atoms with E-state index in [9.17, 15) is 5.11 Å². The van der Waals surface area contributed by atoms with Crippen LogP contribution in [0.25, 0.3) is 0 Å². The Hall–Kier alpha value is -2.78. The number of hydrazone groups is 1. The Balaban J connectivity index is 1.78. The first kappa shape index (κ1) is 16.7. The van der Waals surface area contributed by atoms with Gasteiger partial charge in [-0.1, -0.05) is 48.0 Å². The zero-order chi connectivity index (χ0) is 18.1. The normalized spacial score (nSPS) is 16.6. The molecule has 3 aromatic rings. The van der Waals surface area contributed by atoms with Gasteiger partial charge in [0.15, 0.2) is 0 Å². The molecule has 0 radical (unpaired) electrons. The maximum Gasteiger partial charge on any atom is 0.118 e. The van der Waals surface area contributed by atoms with Crippen molar-refractivity contribution in [3.63, 3.8) is 0 Å². The van der Waals surface area contributed by atoms with Crippen LogP contribution < -0.4 is 5.01 Å². The summed E-state index contributed by atoms with van der Waals surface area (Å²) in [6.45, 7) is 1.90. The first-order valence-corrected chi connectivity index (χ1v) is 8.97. The van der Waals surface area contributed by atoms with Gasteiger partial charge in [0.05, 0.1) is 17.4 Å². The molecule has 0 saturated carbocycles. The van der Waals surface area contributed by atoms with Crippen molar-refractivity contribution in [2.24, 2.45) is 5.10 Å². The Kier molecular flexibility index (Phi) is 4.39. The molecular weight excluding hydrogens is 344 g/mol. The van der Waals surface area contributed by atoms with Crippen LogP contribution in [-0.2, 0) is 0 Å². The maximum absolute atomic E-state index is 9.82. The molecule has 0 aromatic heterocycles. The van der Waals surface area contributed by atoms with Gasteiger partial charge in [-0.2, -0.15) is 5.10 Å². The summed E-state index contributed by atoms with van der Waals surface area (Å²) in [5.74, 6) is 0.301. The maximum atomic E-state index is 9.82. The molecule has 0 saturated heterocycles. The minimum atomic E-state index is 0.0372. The van der Waals surface area contributed by atoms with Gasteiger partial charge in [-0.15, -0.1) is 0 Å². The largest absolute Gasteiger partial charge is 0.508 e. The molecule has 3 nitrogen and oxygen atoms in total. The zero-order valence-corrected chi connectivity index (χ0v) is 15.2. The standard InChI is InChI=1S/C22H19ClN2O/c1-15-13-16(11-12-22(15)26)20-14-21(18-9-5-6-10-19(18)23)25(24-20)17-7-3-2-4-8-17/h2-13,21,26H,14H2,1H3. The van der Waals surface area contributed by atoms with Gasteiger partial charge < -0.3 is 5.11 Å². The van der Waals surface area contributed by atoms with E-state index in [1.807, 2.05) is 60.5 Å². The van der Waals surface area contributed by atoms with Crippen molar-refractivity contribution in [3.05, 3.63) is 94.5 Å². The number of phenolic OH excluding ortho intramolecular Hbond substituents is 1. The lowest BCUT2D eigenvalue weighted by molar-refractivity contribution is 0.471. The van der Waals surface area contributed by atoms with Crippen LogP contribution in [0.1, 0.15) is 29.2 Å². The number of hydrogen-bond acceptors (Lipinski definition) is 3. The number of anilines is 1. The average Bonchev–Trinajstić information content (AvgIpc) is 3.10. The quantitative estimate of drug-likeness (QED) is 0.647. The van der Waals surface area contributed by atoms with Crippen molar-refractivity contribution in [2.45, 2.75) is 19.4 Å². The van der Waals surface area contributed by atoms with Crippen molar-refractivity contribution < 1.29 is 5.11 Å². The summed E-state index contributed by atoms with van der Waals surface area (Å²) in [5.41, 5.74) is 4.95. The number of aryl methyl sites for hydroxylation is 1. The number of para-hydroxylation sites is 1. The minimum absolute atomic E-state index is 0.0372. The van der Waals surface area contributed by atoms with Gasteiger partial charge >= 0.3 is 0 Å². The Labute approximate surface area is 158 Å².